The minimum atomic E-state index is -0.285. The van der Waals surface area contributed by atoms with Gasteiger partial charge in [-0.15, -0.1) is 11.3 Å². The second-order valence-corrected chi connectivity index (χ2v) is 6.57. The maximum Gasteiger partial charge on any atom is 0.264 e. The second-order valence-electron chi connectivity index (χ2n) is 4.84. The van der Waals surface area contributed by atoms with Gasteiger partial charge >= 0.3 is 0 Å². The zero-order chi connectivity index (χ0) is 16.9. The van der Waals surface area contributed by atoms with E-state index in [1.807, 2.05) is 17.5 Å². The molecule has 0 fully saturated rings. The number of hydrogen-bond acceptors (Lipinski definition) is 4. The van der Waals surface area contributed by atoms with Gasteiger partial charge in [-0.05, 0) is 30.3 Å². The number of hydrogen-bond donors (Lipinski definition) is 1. The van der Waals surface area contributed by atoms with Gasteiger partial charge in [0.1, 0.15) is 5.75 Å². The van der Waals surface area contributed by atoms with Gasteiger partial charge < -0.3 is 4.74 Å². The number of aromatic nitrogens is 1. The van der Waals surface area contributed by atoms with Crippen LogP contribution in [0.25, 0.3) is 11.3 Å². The fraction of sp³-hybridized carbons (Fsp3) is 0.0588. The Hall–Kier alpha value is -2.08. The van der Waals surface area contributed by atoms with E-state index in [0.717, 1.165) is 11.3 Å². The van der Waals surface area contributed by atoms with Crippen LogP contribution in [0.1, 0.15) is 0 Å². The molecule has 0 aliphatic carbocycles. The van der Waals surface area contributed by atoms with Crippen molar-refractivity contribution < 1.29 is 9.53 Å². The van der Waals surface area contributed by atoms with Crippen molar-refractivity contribution in [3.8, 4) is 17.0 Å². The van der Waals surface area contributed by atoms with Gasteiger partial charge in [-0.25, -0.2) is 4.98 Å². The molecule has 0 atom stereocenters. The third kappa shape index (κ3) is 4.47. The number of carbonyl (C=O) groups is 1. The van der Waals surface area contributed by atoms with Crippen LogP contribution in [0.15, 0.2) is 53.9 Å². The Morgan fingerprint density at radius 2 is 1.92 bits per heavy atom. The molecular formula is C17H12Cl2N2O2S. The molecule has 1 heterocycles. The summed E-state index contributed by atoms with van der Waals surface area (Å²) >= 11 is 13.1. The first-order valence-corrected chi connectivity index (χ1v) is 8.63. The van der Waals surface area contributed by atoms with Crippen LogP contribution in [-0.4, -0.2) is 17.5 Å². The Kier molecular flexibility index (Phi) is 5.35. The minimum absolute atomic E-state index is 0.115. The number of anilines is 1. The molecule has 4 nitrogen and oxygen atoms in total. The van der Waals surface area contributed by atoms with Crippen LogP contribution in [0, 0.1) is 0 Å². The summed E-state index contributed by atoms with van der Waals surface area (Å²) < 4.78 is 5.39. The topological polar surface area (TPSA) is 51.2 Å². The first kappa shape index (κ1) is 16.8. The van der Waals surface area contributed by atoms with Crippen LogP contribution in [-0.2, 0) is 4.79 Å². The van der Waals surface area contributed by atoms with Crippen LogP contribution in [0.2, 0.25) is 10.0 Å². The summed E-state index contributed by atoms with van der Waals surface area (Å²) in [5.74, 6) is 0.255. The van der Waals surface area contributed by atoms with E-state index in [2.05, 4.69) is 10.3 Å². The molecule has 3 aromatic rings. The van der Waals surface area contributed by atoms with Crippen LogP contribution in [0.4, 0.5) is 5.13 Å². The molecular weight excluding hydrogens is 367 g/mol. The van der Waals surface area contributed by atoms with Crippen molar-refractivity contribution >= 4 is 45.6 Å². The highest BCUT2D eigenvalue weighted by Gasteiger charge is 2.09. The lowest BCUT2D eigenvalue weighted by Gasteiger charge is -2.05. The third-order valence-electron chi connectivity index (χ3n) is 3.06. The largest absolute Gasteiger partial charge is 0.484 e. The van der Waals surface area contributed by atoms with E-state index in [9.17, 15) is 4.79 Å². The Morgan fingerprint density at radius 1 is 1.12 bits per heavy atom. The van der Waals surface area contributed by atoms with Crippen molar-refractivity contribution in [3.05, 3.63) is 64.0 Å². The van der Waals surface area contributed by atoms with Crippen molar-refractivity contribution in [1.29, 1.82) is 0 Å². The van der Waals surface area contributed by atoms with E-state index in [1.54, 1.807) is 36.4 Å². The number of ether oxygens (including phenoxy) is 1. The molecule has 0 aliphatic heterocycles. The van der Waals surface area contributed by atoms with E-state index in [-0.39, 0.29) is 12.5 Å². The molecule has 0 unspecified atom stereocenters. The van der Waals surface area contributed by atoms with Crippen molar-refractivity contribution in [2.24, 2.45) is 0 Å². The van der Waals surface area contributed by atoms with Crippen LogP contribution >= 0.6 is 34.5 Å². The number of nitrogens with zero attached hydrogens (tertiary/aromatic N) is 1. The Labute approximate surface area is 153 Å². The van der Waals surface area contributed by atoms with Gasteiger partial charge in [0, 0.05) is 21.0 Å². The van der Waals surface area contributed by atoms with E-state index >= 15 is 0 Å². The molecule has 0 spiro atoms. The van der Waals surface area contributed by atoms with E-state index in [1.165, 1.54) is 11.3 Å². The Bertz CT molecular complexity index is 850. The fourth-order valence-corrected chi connectivity index (χ4v) is 2.99. The van der Waals surface area contributed by atoms with Crippen LogP contribution in [0.3, 0.4) is 0 Å². The van der Waals surface area contributed by atoms with Crippen LogP contribution in [0.5, 0.6) is 5.75 Å². The maximum absolute atomic E-state index is 11.9. The molecule has 0 saturated carbocycles. The number of carbonyl (C=O) groups excluding carboxylic acids is 1. The third-order valence-corrected chi connectivity index (χ3v) is 4.30. The molecule has 0 saturated heterocycles. The molecule has 1 aromatic heterocycles. The van der Waals surface area contributed by atoms with Crippen molar-refractivity contribution in [2.45, 2.75) is 0 Å². The van der Waals surface area contributed by atoms with Gasteiger partial charge in [0.05, 0.1) is 5.69 Å². The molecule has 1 amide bonds. The second kappa shape index (κ2) is 7.66. The predicted molar refractivity (Wildman–Crippen MR) is 98.1 cm³/mol. The lowest BCUT2D eigenvalue weighted by atomic mass is 10.2. The number of rotatable bonds is 5. The van der Waals surface area contributed by atoms with Gasteiger partial charge in [-0.1, -0.05) is 41.4 Å². The zero-order valence-corrected chi connectivity index (χ0v) is 14.7. The molecule has 3 rings (SSSR count). The highest BCUT2D eigenvalue weighted by Crippen LogP contribution is 2.26. The minimum Gasteiger partial charge on any atom is -0.484 e. The SMILES string of the molecule is O=C(COc1cccc(Cl)c1)Nc1nc(-c2ccc(Cl)cc2)cs1. The fourth-order valence-electron chi connectivity index (χ4n) is 1.95. The monoisotopic (exact) mass is 378 g/mol. The summed E-state index contributed by atoms with van der Waals surface area (Å²) in [6.45, 7) is -0.115. The molecule has 1 N–H and O–H groups in total. The summed E-state index contributed by atoms with van der Waals surface area (Å²) in [5, 5.41) is 6.32. The van der Waals surface area contributed by atoms with Gasteiger partial charge in [0.25, 0.3) is 5.91 Å². The lowest BCUT2D eigenvalue weighted by molar-refractivity contribution is -0.118. The van der Waals surface area contributed by atoms with Gasteiger partial charge in [-0.2, -0.15) is 0 Å². The van der Waals surface area contributed by atoms with E-state index < -0.39 is 0 Å². The van der Waals surface area contributed by atoms with Crippen molar-refractivity contribution in [3.63, 3.8) is 0 Å². The zero-order valence-electron chi connectivity index (χ0n) is 12.3. The summed E-state index contributed by atoms with van der Waals surface area (Å²) in [7, 11) is 0. The number of amides is 1. The molecule has 7 heteroatoms. The molecule has 0 radical (unpaired) electrons. The summed E-state index contributed by atoms with van der Waals surface area (Å²) in [4.78, 5) is 16.3. The van der Waals surface area contributed by atoms with Gasteiger partial charge in [0.2, 0.25) is 0 Å². The molecule has 0 bridgehead atoms. The van der Waals surface area contributed by atoms with E-state index in [4.69, 9.17) is 27.9 Å². The quantitative estimate of drug-likeness (QED) is 0.668. The van der Waals surface area contributed by atoms with Crippen molar-refractivity contribution in [1.82, 2.24) is 4.98 Å². The van der Waals surface area contributed by atoms with E-state index in [0.29, 0.717) is 20.9 Å². The smallest absolute Gasteiger partial charge is 0.264 e. The number of benzene rings is 2. The summed E-state index contributed by atoms with van der Waals surface area (Å²) in [6, 6.07) is 14.2. The first-order valence-electron chi connectivity index (χ1n) is 7.00. The molecule has 2 aromatic carbocycles. The average molecular weight is 379 g/mol. The van der Waals surface area contributed by atoms with Gasteiger partial charge in [0.15, 0.2) is 11.7 Å². The molecule has 24 heavy (non-hydrogen) atoms. The predicted octanol–water partition coefficient (Wildman–Crippen LogP) is 5.13. The number of thiazole rings is 1. The van der Waals surface area contributed by atoms with Gasteiger partial charge in [-0.3, -0.25) is 10.1 Å². The highest BCUT2D eigenvalue weighted by molar-refractivity contribution is 7.14. The summed E-state index contributed by atoms with van der Waals surface area (Å²) in [5.41, 5.74) is 1.72. The van der Waals surface area contributed by atoms with Crippen LogP contribution < -0.4 is 10.1 Å². The molecule has 122 valence electrons. The lowest BCUT2D eigenvalue weighted by Crippen LogP contribution is -2.20. The van der Waals surface area contributed by atoms with Crippen molar-refractivity contribution in [2.75, 3.05) is 11.9 Å². The number of nitrogens with one attached hydrogen (secondary N) is 1. The maximum atomic E-state index is 11.9. The normalized spacial score (nSPS) is 10.4. The number of halogens is 2. The highest BCUT2D eigenvalue weighted by atomic mass is 35.5. The Morgan fingerprint density at radius 3 is 2.67 bits per heavy atom. The first-order chi connectivity index (χ1) is 11.6. The Balaban J connectivity index is 1.58. The average Bonchev–Trinajstić information content (AvgIpc) is 3.02. The molecule has 0 aliphatic rings. The summed E-state index contributed by atoms with van der Waals surface area (Å²) in [6.07, 6.45) is 0. The standard InChI is InChI=1S/C17H12Cl2N2O2S/c18-12-6-4-11(5-7-12)15-10-24-17(20-15)21-16(22)9-23-14-3-1-2-13(19)8-14/h1-8,10H,9H2,(H,20,21,22).